The van der Waals surface area contributed by atoms with Crippen molar-refractivity contribution in [1.82, 2.24) is 0 Å². The van der Waals surface area contributed by atoms with Gasteiger partial charge in [0, 0.05) is 0 Å². The van der Waals surface area contributed by atoms with Gasteiger partial charge < -0.3 is 0 Å². The Kier molecular flexibility index (Phi) is 6.97. The smallest absolute Gasteiger partial charge is 0.0105 e. The van der Waals surface area contributed by atoms with Crippen LogP contribution in [0.25, 0.3) is 32.7 Å². The molecule has 0 aliphatic heterocycles. The highest BCUT2D eigenvalue weighted by molar-refractivity contribution is 6.08. The predicted molar refractivity (Wildman–Crippen MR) is 119 cm³/mol. The van der Waals surface area contributed by atoms with Gasteiger partial charge in [0.05, 0.1) is 0 Å². The number of fused-ring (bicyclic) bond motifs is 3. The summed E-state index contributed by atoms with van der Waals surface area (Å²) in [6.07, 6.45) is 0. The quantitative estimate of drug-likeness (QED) is 0.305. The maximum absolute atomic E-state index is 2.29. The lowest BCUT2D eigenvalue weighted by Crippen LogP contribution is -1.82. The third-order valence-corrected chi connectivity index (χ3v) is 4.38. The summed E-state index contributed by atoms with van der Waals surface area (Å²) in [4.78, 5) is 0. The number of hydrogen-bond acceptors (Lipinski definition) is 0. The molecule has 0 amide bonds. The van der Waals surface area contributed by atoms with Crippen molar-refractivity contribution in [3.05, 3.63) is 83.9 Å². The van der Waals surface area contributed by atoms with Gasteiger partial charge in [0.25, 0.3) is 0 Å². The molecule has 0 aliphatic rings. The van der Waals surface area contributed by atoms with Crippen molar-refractivity contribution in [2.75, 3.05) is 0 Å². The van der Waals surface area contributed by atoms with Crippen molar-refractivity contribution < 1.29 is 0 Å². The fourth-order valence-electron chi connectivity index (χ4n) is 3.12. The van der Waals surface area contributed by atoms with Crippen LogP contribution in [0.1, 0.15) is 38.8 Å². The Bertz CT molecular complexity index is 976. The monoisotopic (exact) mass is 342 g/mol. The van der Waals surface area contributed by atoms with Crippen molar-refractivity contribution in [2.24, 2.45) is 0 Å². The summed E-state index contributed by atoms with van der Waals surface area (Å²) in [6, 6.07) is 26.6. The summed E-state index contributed by atoms with van der Waals surface area (Å²) < 4.78 is 0. The van der Waals surface area contributed by atoms with Crippen LogP contribution >= 0.6 is 0 Å². The second-order valence-electron chi connectivity index (χ2n) is 6.09. The van der Waals surface area contributed by atoms with E-state index in [2.05, 4.69) is 86.6 Å². The van der Waals surface area contributed by atoms with Crippen LogP contribution in [-0.2, 0) is 0 Å². The minimum Gasteiger partial charge on any atom is -0.0683 e. The Labute approximate surface area is 158 Å². The molecule has 0 nitrogen and oxygen atoms in total. The third kappa shape index (κ3) is 4.14. The van der Waals surface area contributed by atoms with Gasteiger partial charge in [-0.25, -0.2) is 0 Å². The molecule has 4 rings (SSSR count). The van der Waals surface area contributed by atoms with E-state index in [-0.39, 0.29) is 0 Å². The predicted octanol–water partition coefficient (Wildman–Crippen LogP) is 8.33. The Morgan fingerprint density at radius 2 is 0.885 bits per heavy atom. The average Bonchev–Trinajstić information content (AvgIpc) is 2.71. The molecular formula is C26H30. The number of hydrogen-bond donors (Lipinski definition) is 0. The first kappa shape index (κ1) is 19.7. The van der Waals surface area contributed by atoms with Crippen LogP contribution < -0.4 is 0 Å². The van der Waals surface area contributed by atoms with Crippen LogP contribution in [0.4, 0.5) is 0 Å². The number of rotatable bonds is 1. The highest BCUT2D eigenvalue weighted by Crippen LogP contribution is 2.30. The van der Waals surface area contributed by atoms with E-state index in [4.69, 9.17) is 0 Å². The van der Waals surface area contributed by atoms with Crippen LogP contribution in [0.15, 0.2) is 72.8 Å². The maximum atomic E-state index is 2.29. The lowest BCUT2D eigenvalue weighted by molar-refractivity contribution is 1.47. The van der Waals surface area contributed by atoms with Crippen molar-refractivity contribution in [1.29, 1.82) is 0 Å². The van der Waals surface area contributed by atoms with Crippen LogP contribution in [-0.4, -0.2) is 0 Å². The zero-order chi connectivity index (χ0) is 19.1. The highest BCUT2D eigenvalue weighted by Gasteiger charge is 2.03. The molecular weight excluding hydrogens is 312 g/mol. The SMILES string of the molecule is CC.CC.Cc1ccc(-c2ccc3c(ccc4cc(C)ccc43)c2)cc1. The maximum Gasteiger partial charge on any atom is -0.0105 e. The van der Waals surface area contributed by atoms with Gasteiger partial charge in [-0.2, -0.15) is 0 Å². The normalized spacial score (nSPS) is 9.92. The topological polar surface area (TPSA) is 0 Å². The second-order valence-corrected chi connectivity index (χ2v) is 6.09. The molecule has 134 valence electrons. The molecule has 0 spiro atoms. The van der Waals surface area contributed by atoms with E-state index in [1.807, 2.05) is 27.7 Å². The van der Waals surface area contributed by atoms with E-state index in [1.165, 1.54) is 43.8 Å². The van der Waals surface area contributed by atoms with Crippen molar-refractivity contribution in [2.45, 2.75) is 41.5 Å². The van der Waals surface area contributed by atoms with Gasteiger partial charge in [-0.3, -0.25) is 0 Å². The van der Waals surface area contributed by atoms with Gasteiger partial charge in [-0.1, -0.05) is 106 Å². The van der Waals surface area contributed by atoms with Crippen LogP contribution in [0.3, 0.4) is 0 Å². The van der Waals surface area contributed by atoms with Gasteiger partial charge >= 0.3 is 0 Å². The van der Waals surface area contributed by atoms with Crippen LogP contribution in [0, 0.1) is 13.8 Å². The minimum atomic E-state index is 1.27. The Balaban J connectivity index is 0.000000570. The Hall–Kier alpha value is -2.60. The number of benzene rings is 4. The lowest BCUT2D eigenvalue weighted by Gasteiger charge is -2.08. The van der Waals surface area contributed by atoms with E-state index in [9.17, 15) is 0 Å². The van der Waals surface area contributed by atoms with Gasteiger partial charge in [0.1, 0.15) is 0 Å². The van der Waals surface area contributed by atoms with Gasteiger partial charge in [0.2, 0.25) is 0 Å². The molecule has 0 aliphatic carbocycles. The molecule has 0 heterocycles. The zero-order valence-corrected chi connectivity index (χ0v) is 16.9. The first-order chi connectivity index (χ1) is 12.7. The molecule has 4 aromatic rings. The van der Waals surface area contributed by atoms with Crippen molar-refractivity contribution in [3.63, 3.8) is 0 Å². The Morgan fingerprint density at radius 3 is 1.50 bits per heavy atom. The highest BCUT2D eigenvalue weighted by atomic mass is 14.1. The van der Waals surface area contributed by atoms with Gasteiger partial charge in [-0.05, 0) is 52.6 Å². The van der Waals surface area contributed by atoms with E-state index < -0.39 is 0 Å². The fourth-order valence-corrected chi connectivity index (χ4v) is 3.12. The summed E-state index contributed by atoms with van der Waals surface area (Å²) >= 11 is 0. The van der Waals surface area contributed by atoms with Crippen molar-refractivity contribution >= 4 is 21.5 Å². The largest absolute Gasteiger partial charge is 0.0683 e. The van der Waals surface area contributed by atoms with E-state index in [0.29, 0.717) is 0 Å². The zero-order valence-electron chi connectivity index (χ0n) is 16.9. The summed E-state index contributed by atoms with van der Waals surface area (Å²) in [5, 5.41) is 5.27. The summed E-state index contributed by atoms with van der Waals surface area (Å²) in [5.74, 6) is 0. The van der Waals surface area contributed by atoms with Crippen molar-refractivity contribution in [3.8, 4) is 11.1 Å². The molecule has 26 heavy (non-hydrogen) atoms. The minimum absolute atomic E-state index is 1.27. The molecule has 0 radical (unpaired) electrons. The molecule has 0 aromatic heterocycles. The molecule has 4 aromatic carbocycles. The third-order valence-electron chi connectivity index (χ3n) is 4.38. The molecule has 0 fully saturated rings. The summed E-state index contributed by atoms with van der Waals surface area (Å²) in [7, 11) is 0. The molecule has 0 bridgehead atoms. The van der Waals surface area contributed by atoms with E-state index >= 15 is 0 Å². The van der Waals surface area contributed by atoms with E-state index in [0.717, 1.165) is 0 Å². The van der Waals surface area contributed by atoms with Crippen LogP contribution in [0.2, 0.25) is 0 Å². The number of aryl methyl sites for hydroxylation is 2. The standard InChI is InChI=1S/C22H18.2C2H6/c1-15-3-6-17(7-4-15)18-10-12-22-20(14-18)9-8-19-13-16(2)5-11-21(19)22;2*1-2/h3-14H,1-2H3;2*1-2H3. The molecule has 0 saturated carbocycles. The summed E-state index contributed by atoms with van der Waals surface area (Å²) in [6.45, 7) is 12.3. The van der Waals surface area contributed by atoms with Gasteiger partial charge in [0.15, 0.2) is 0 Å². The lowest BCUT2D eigenvalue weighted by atomic mass is 9.96. The fraction of sp³-hybridized carbons (Fsp3) is 0.231. The molecule has 0 saturated heterocycles. The average molecular weight is 343 g/mol. The second kappa shape index (κ2) is 9.20. The molecule has 0 atom stereocenters. The van der Waals surface area contributed by atoms with Gasteiger partial charge in [-0.15, -0.1) is 0 Å². The van der Waals surface area contributed by atoms with Crippen LogP contribution in [0.5, 0.6) is 0 Å². The van der Waals surface area contributed by atoms with E-state index in [1.54, 1.807) is 0 Å². The first-order valence-corrected chi connectivity index (χ1v) is 9.71. The molecule has 0 heteroatoms. The summed E-state index contributed by atoms with van der Waals surface area (Å²) in [5.41, 5.74) is 5.16. The Morgan fingerprint density at radius 1 is 0.423 bits per heavy atom. The molecule has 0 unspecified atom stereocenters. The first-order valence-electron chi connectivity index (χ1n) is 9.71. The molecule has 0 N–H and O–H groups in total.